The Bertz CT molecular complexity index is 243. The summed E-state index contributed by atoms with van der Waals surface area (Å²) < 4.78 is 9.85. The smallest absolute Gasteiger partial charge is 0.188 e. The van der Waals surface area contributed by atoms with Crippen LogP contribution >= 0.6 is 23.2 Å². The molecule has 1 rings (SSSR count). The molecule has 0 aliphatic rings. The maximum atomic E-state index is 5.80. The summed E-state index contributed by atoms with van der Waals surface area (Å²) >= 11 is 11.6. The molecule has 66 valence electrons. The number of methoxy groups -OCH3 is 1. The molecule has 1 aromatic rings. The van der Waals surface area contributed by atoms with Crippen LogP contribution in [-0.4, -0.2) is 13.9 Å². The van der Waals surface area contributed by atoms with Crippen LogP contribution in [0.5, 0.6) is 5.75 Å². The van der Waals surface area contributed by atoms with Crippen LogP contribution in [0.25, 0.3) is 0 Å². The zero-order valence-corrected chi connectivity index (χ0v) is 8.02. The Morgan fingerprint density at radius 1 is 1.25 bits per heavy atom. The molecule has 1 aromatic carbocycles. The first kappa shape index (κ1) is 9.65. The van der Waals surface area contributed by atoms with E-state index in [0.29, 0.717) is 15.8 Å². The third-order valence-corrected chi connectivity index (χ3v) is 1.84. The molecule has 0 heterocycles. The minimum absolute atomic E-state index is 0.142. The van der Waals surface area contributed by atoms with Crippen LogP contribution < -0.4 is 4.74 Å². The number of benzene rings is 1. The summed E-state index contributed by atoms with van der Waals surface area (Å²) in [7, 11) is 1.53. The predicted octanol–water partition coefficient (Wildman–Crippen LogP) is 2.98. The lowest BCUT2D eigenvalue weighted by molar-refractivity contribution is 0.0512. The fourth-order valence-corrected chi connectivity index (χ4v) is 1.24. The van der Waals surface area contributed by atoms with Gasteiger partial charge in [0.2, 0.25) is 0 Å². The summed E-state index contributed by atoms with van der Waals surface area (Å²) in [5, 5.41) is 0.971. The van der Waals surface area contributed by atoms with Gasteiger partial charge < -0.3 is 9.47 Å². The average Bonchev–Trinajstić information content (AvgIpc) is 2.04. The zero-order chi connectivity index (χ0) is 8.97. The topological polar surface area (TPSA) is 18.5 Å². The van der Waals surface area contributed by atoms with Crippen LogP contribution in [0.15, 0.2) is 18.2 Å². The van der Waals surface area contributed by atoms with Crippen LogP contribution in [0.2, 0.25) is 10.0 Å². The van der Waals surface area contributed by atoms with Gasteiger partial charge in [-0.3, -0.25) is 0 Å². The van der Waals surface area contributed by atoms with Gasteiger partial charge in [-0.25, -0.2) is 0 Å². The number of hydrogen-bond donors (Lipinski definition) is 0. The van der Waals surface area contributed by atoms with Gasteiger partial charge in [0.15, 0.2) is 12.5 Å². The van der Waals surface area contributed by atoms with Crippen molar-refractivity contribution in [2.45, 2.75) is 0 Å². The molecule has 0 aromatic heterocycles. The monoisotopic (exact) mass is 206 g/mol. The van der Waals surface area contributed by atoms with Crippen molar-refractivity contribution in [1.29, 1.82) is 0 Å². The summed E-state index contributed by atoms with van der Waals surface area (Å²) in [6.45, 7) is 0.142. The highest BCUT2D eigenvalue weighted by Gasteiger charge is 2.05. The number of halogens is 2. The van der Waals surface area contributed by atoms with Gasteiger partial charge in [-0.1, -0.05) is 29.3 Å². The molecular weight excluding hydrogens is 199 g/mol. The van der Waals surface area contributed by atoms with Crippen molar-refractivity contribution in [3.63, 3.8) is 0 Å². The van der Waals surface area contributed by atoms with Crippen molar-refractivity contribution >= 4 is 23.2 Å². The molecule has 2 nitrogen and oxygen atoms in total. The van der Waals surface area contributed by atoms with Gasteiger partial charge in [-0.05, 0) is 12.1 Å². The highest BCUT2D eigenvalue weighted by Crippen LogP contribution is 2.32. The number of rotatable bonds is 3. The highest BCUT2D eigenvalue weighted by molar-refractivity contribution is 6.37. The van der Waals surface area contributed by atoms with E-state index in [9.17, 15) is 0 Å². The Kier molecular flexibility index (Phi) is 3.66. The normalized spacial score (nSPS) is 9.92. The summed E-state index contributed by atoms with van der Waals surface area (Å²) in [5.74, 6) is 0.461. The number of para-hydroxylation sites is 1. The highest BCUT2D eigenvalue weighted by atomic mass is 35.5. The van der Waals surface area contributed by atoms with E-state index in [1.165, 1.54) is 7.11 Å². The maximum absolute atomic E-state index is 5.80. The first-order valence-electron chi connectivity index (χ1n) is 3.31. The fraction of sp³-hybridized carbons (Fsp3) is 0.250. The molecular formula is C8H8Cl2O2. The Morgan fingerprint density at radius 2 is 1.83 bits per heavy atom. The van der Waals surface area contributed by atoms with Crippen molar-refractivity contribution in [2.75, 3.05) is 13.9 Å². The van der Waals surface area contributed by atoms with Crippen molar-refractivity contribution in [2.24, 2.45) is 0 Å². The van der Waals surface area contributed by atoms with Gasteiger partial charge in [-0.15, -0.1) is 0 Å². The lowest BCUT2D eigenvalue weighted by atomic mass is 10.3. The van der Waals surface area contributed by atoms with Crippen LogP contribution in [0.4, 0.5) is 0 Å². The molecule has 0 unspecified atom stereocenters. The SMILES string of the molecule is COCOc1c(Cl)cccc1Cl. The Labute approximate surface area is 81.0 Å². The average molecular weight is 207 g/mol. The van der Waals surface area contributed by atoms with E-state index >= 15 is 0 Å². The molecule has 0 saturated heterocycles. The molecule has 0 fully saturated rings. The first-order chi connectivity index (χ1) is 5.75. The van der Waals surface area contributed by atoms with E-state index < -0.39 is 0 Å². The molecule has 0 bridgehead atoms. The summed E-state index contributed by atoms with van der Waals surface area (Å²) in [6.07, 6.45) is 0. The van der Waals surface area contributed by atoms with Gasteiger partial charge in [0.25, 0.3) is 0 Å². The van der Waals surface area contributed by atoms with E-state index in [0.717, 1.165) is 0 Å². The first-order valence-corrected chi connectivity index (χ1v) is 4.07. The third kappa shape index (κ3) is 2.27. The molecule has 0 aliphatic carbocycles. The molecule has 4 heteroatoms. The largest absolute Gasteiger partial charge is 0.464 e. The minimum Gasteiger partial charge on any atom is -0.464 e. The van der Waals surface area contributed by atoms with Crippen LogP contribution in [-0.2, 0) is 4.74 Å². The van der Waals surface area contributed by atoms with E-state index in [2.05, 4.69) is 0 Å². The second-order valence-corrected chi connectivity index (χ2v) is 2.92. The molecule has 12 heavy (non-hydrogen) atoms. The third-order valence-electron chi connectivity index (χ3n) is 1.24. The second kappa shape index (κ2) is 4.55. The van der Waals surface area contributed by atoms with Gasteiger partial charge in [0.05, 0.1) is 10.0 Å². The van der Waals surface area contributed by atoms with Gasteiger partial charge in [0, 0.05) is 7.11 Å². The number of hydrogen-bond acceptors (Lipinski definition) is 2. The molecule has 0 N–H and O–H groups in total. The molecule has 0 spiro atoms. The molecule has 0 amide bonds. The molecule has 0 atom stereocenters. The molecule has 0 radical (unpaired) electrons. The van der Waals surface area contributed by atoms with Crippen LogP contribution in [0.3, 0.4) is 0 Å². The Balaban J connectivity index is 2.81. The molecule has 0 aliphatic heterocycles. The Morgan fingerprint density at radius 3 is 2.33 bits per heavy atom. The van der Waals surface area contributed by atoms with Crippen LogP contribution in [0.1, 0.15) is 0 Å². The van der Waals surface area contributed by atoms with Gasteiger partial charge in [-0.2, -0.15) is 0 Å². The Hall–Kier alpha value is -0.440. The van der Waals surface area contributed by atoms with Crippen LogP contribution in [0, 0.1) is 0 Å². The number of ether oxygens (including phenoxy) is 2. The van der Waals surface area contributed by atoms with E-state index in [4.69, 9.17) is 32.7 Å². The predicted molar refractivity (Wildman–Crippen MR) is 49.0 cm³/mol. The lowest BCUT2D eigenvalue weighted by Crippen LogP contribution is -1.99. The zero-order valence-electron chi connectivity index (χ0n) is 6.51. The van der Waals surface area contributed by atoms with E-state index in [1.54, 1.807) is 18.2 Å². The summed E-state index contributed by atoms with van der Waals surface area (Å²) in [6, 6.07) is 5.17. The standard InChI is InChI=1S/C8H8Cl2O2/c1-11-5-12-8-6(9)3-2-4-7(8)10/h2-4H,5H2,1H3. The minimum atomic E-state index is 0.142. The summed E-state index contributed by atoms with van der Waals surface area (Å²) in [4.78, 5) is 0. The van der Waals surface area contributed by atoms with E-state index in [1.807, 2.05) is 0 Å². The van der Waals surface area contributed by atoms with Gasteiger partial charge >= 0.3 is 0 Å². The van der Waals surface area contributed by atoms with Crippen molar-refractivity contribution < 1.29 is 9.47 Å². The summed E-state index contributed by atoms with van der Waals surface area (Å²) in [5.41, 5.74) is 0. The molecule has 0 saturated carbocycles. The quantitative estimate of drug-likeness (QED) is 0.709. The van der Waals surface area contributed by atoms with Gasteiger partial charge in [0.1, 0.15) is 0 Å². The lowest BCUT2D eigenvalue weighted by Gasteiger charge is -2.07. The van der Waals surface area contributed by atoms with Crippen molar-refractivity contribution in [3.05, 3.63) is 28.2 Å². The van der Waals surface area contributed by atoms with E-state index in [-0.39, 0.29) is 6.79 Å². The second-order valence-electron chi connectivity index (χ2n) is 2.10. The fourth-order valence-electron chi connectivity index (χ4n) is 0.738. The van der Waals surface area contributed by atoms with Crippen molar-refractivity contribution in [3.8, 4) is 5.75 Å². The van der Waals surface area contributed by atoms with Crippen molar-refractivity contribution in [1.82, 2.24) is 0 Å². The maximum Gasteiger partial charge on any atom is 0.188 e.